The van der Waals surface area contributed by atoms with Crippen LogP contribution in [0.25, 0.3) is 0 Å². The quantitative estimate of drug-likeness (QED) is 0.587. The van der Waals surface area contributed by atoms with Crippen LogP contribution in [0.1, 0.15) is 12.8 Å². The monoisotopic (exact) mass is 351 g/mol. The number of ether oxygens (including phenoxy) is 1. The predicted molar refractivity (Wildman–Crippen MR) is 84.4 cm³/mol. The van der Waals surface area contributed by atoms with E-state index >= 15 is 0 Å². The van der Waals surface area contributed by atoms with Crippen LogP contribution in [-0.4, -0.2) is 59.3 Å². The summed E-state index contributed by atoms with van der Waals surface area (Å²) >= 11 is 0. The number of carbonyl (C=O) groups is 2. The molecular weight excluding hydrogens is 333 g/mol. The average Bonchev–Trinajstić information content (AvgIpc) is 3.45. The van der Waals surface area contributed by atoms with Gasteiger partial charge in [0.05, 0.1) is 11.0 Å². The number of halogens is 1. The molecule has 0 bridgehead atoms. The van der Waals surface area contributed by atoms with E-state index < -0.39 is 10.7 Å². The predicted octanol–water partition coefficient (Wildman–Crippen LogP) is 1.19. The molecule has 1 saturated carbocycles. The summed E-state index contributed by atoms with van der Waals surface area (Å²) < 4.78 is 18.9. The topological polar surface area (TPSA) is 93.0 Å². The van der Waals surface area contributed by atoms with Crippen LogP contribution >= 0.6 is 0 Å². The summed E-state index contributed by atoms with van der Waals surface area (Å²) in [5.74, 6) is -1.08. The van der Waals surface area contributed by atoms with Gasteiger partial charge in [-0.05, 0) is 18.9 Å². The van der Waals surface area contributed by atoms with Crippen molar-refractivity contribution in [2.75, 3.05) is 32.8 Å². The number of nitrogens with zero attached hydrogens (tertiary/aromatic N) is 3. The lowest BCUT2D eigenvalue weighted by Crippen LogP contribution is -2.52. The fourth-order valence-corrected chi connectivity index (χ4v) is 2.72. The second-order valence-electron chi connectivity index (χ2n) is 6.14. The molecule has 25 heavy (non-hydrogen) atoms. The lowest BCUT2D eigenvalue weighted by Gasteiger charge is -2.34. The molecule has 2 fully saturated rings. The van der Waals surface area contributed by atoms with Crippen molar-refractivity contribution in [3.05, 3.63) is 34.1 Å². The SMILES string of the molecule is O=C(COc1ccc([N+](=O)[O-])cc1F)N1CCN(C(=O)C2CC2)CC1. The summed E-state index contributed by atoms with van der Waals surface area (Å²) in [5, 5.41) is 10.6. The Kier molecular flexibility index (Phi) is 4.82. The average molecular weight is 351 g/mol. The largest absolute Gasteiger partial charge is 0.481 e. The zero-order valence-electron chi connectivity index (χ0n) is 13.5. The third kappa shape index (κ3) is 4.04. The maximum absolute atomic E-state index is 13.7. The van der Waals surface area contributed by atoms with Crippen LogP contribution < -0.4 is 4.74 Å². The second-order valence-corrected chi connectivity index (χ2v) is 6.14. The van der Waals surface area contributed by atoms with E-state index in [1.807, 2.05) is 0 Å². The number of nitro benzene ring substituents is 1. The van der Waals surface area contributed by atoms with Crippen LogP contribution in [0.2, 0.25) is 0 Å². The molecule has 1 aliphatic heterocycles. The van der Waals surface area contributed by atoms with Gasteiger partial charge in [0.2, 0.25) is 5.91 Å². The minimum absolute atomic E-state index is 0.163. The van der Waals surface area contributed by atoms with Crippen molar-refractivity contribution in [2.45, 2.75) is 12.8 Å². The Hall–Kier alpha value is -2.71. The van der Waals surface area contributed by atoms with E-state index in [-0.39, 0.29) is 35.8 Å². The molecule has 1 aromatic carbocycles. The molecule has 0 unspecified atom stereocenters. The molecule has 9 heteroatoms. The fraction of sp³-hybridized carbons (Fsp3) is 0.500. The summed E-state index contributed by atoms with van der Waals surface area (Å²) in [5.41, 5.74) is -0.382. The zero-order valence-corrected chi connectivity index (χ0v) is 13.5. The first-order valence-corrected chi connectivity index (χ1v) is 8.09. The van der Waals surface area contributed by atoms with Gasteiger partial charge in [0.1, 0.15) is 0 Å². The van der Waals surface area contributed by atoms with Gasteiger partial charge in [-0.1, -0.05) is 0 Å². The Morgan fingerprint density at radius 3 is 2.40 bits per heavy atom. The number of amides is 2. The van der Waals surface area contributed by atoms with Crippen LogP contribution in [0.3, 0.4) is 0 Å². The molecule has 2 amide bonds. The Balaban J connectivity index is 1.48. The Labute approximate surface area is 143 Å². The first kappa shape index (κ1) is 17.1. The van der Waals surface area contributed by atoms with E-state index in [1.165, 1.54) is 0 Å². The maximum atomic E-state index is 13.7. The van der Waals surface area contributed by atoms with Crippen molar-refractivity contribution in [2.24, 2.45) is 5.92 Å². The highest BCUT2D eigenvalue weighted by atomic mass is 19.1. The smallest absolute Gasteiger partial charge is 0.272 e. The van der Waals surface area contributed by atoms with Crippen LogP contribution in [0.15, 0.2) is 18.2 Å². The minimum Gasteiger partial charge on any atom is -0.481 e. The molecule has 134 valence electrons. The molecular formula is C16H18FN3O5. The van der Waals surface area contributed by atoms with Gasteiger partial charge in [-0.15, -0.1) is 0 Å². The third-order valence-corrected chi connectivity index (χ3v) is 4.35. The zero-order chi connectivity index (χ0) is 18.0. The lowest BCUT2D eigenvalue weighted by atomic mass is 10.2. The van der Waals surface area contributed by atoms with Crippen molar-refractivity contribution in [1.82, 2.24) is 9.80 Å². The summed E-state index contributed by atoms with van der Waals surface area (Å²) in [4.78, 5) is 37.3. The van der Waals surface area contributed by atoms with E-state index in [2.05, 4.69) is 0 Å². The number of benzene rings is 1. The van der Waals surface area contributed by atoms with Crippen LogP contribution in [0.5, 0.6) is 5.75 Å². The van der Waals surface area contributed by atoms with Crippen molar-refractivity contribution >= 4 is 17.5 Å². The number of nitro groups is 1. The molecule has 0 N–H and O–H groups in total. The summed E-state index contributed by atoms with van der Waals surface area (Å²) in [7, 11) is 0. The molecule has 1 aromatic rings. The van der Waals surface area contributed by atoms with Gasteiger partial charge in [0.15, 0.2) is 18.2 Å². The first-order chi connectivity index (χ1) is 12.0. The number of piperazine rings is 1. The highest BCUT2D eigenvalue weighted by molar-refractivity contribution is 5.82. The van der Waals surface area contributed by atoms with Gasteiger partial charge in [-0.25, -0.2) is 4.39 Å². The van der Waals surface area contributed by atoms with Crippen LogP contribution in [0, 0.1) is 21.8 Å². The number of hydrogen-bond donors (Lipinski definition) is 0. The Morgan fingerprint density at radius 1 is 1.20 bits per heavy atom. The number of carbonyl (C=O) groups excluding carboxylic acids is 2. The number of hydrogen-bond acceptors (Lipinski definition) is 5. The second kappa shape index (κ2) is 7.04. The van der Waals surface area contributed by atoms with Gasteiger partial charge in [-0.2, -0.15) is 0 Å². The molecule has 1 heterocycles. The van der Waals surface area contributed by atoms with Crippen molar-refractivity contribution in [3.8, 4) is 5.75 Å². The van der Waals surface area contributed by atoms with Gasteiger partial charge in [0, 0.05) is 38.2 Å². The molecule has 0 atom stereocenters. The normalized spacial score (nSPS) is 17.3. The van der Waals surface area contributed by atoms with Crippen LogP contribution in [0.4, 0.5) is 10.1 Å². The first-order valence-electron chi connectivity index (χ1n) is 8.09. The Bertz CT molecular complexity index is 699. The van der Waals surface area contributed by atoms with Crippen molar-refractivity contribution in [3.63, 3.8) is 0 Å². The van der Waals surface area contributed by atoms with E-state index in [9.17, 15) is 24.1 Å². The standard InChI is InChI=1S/C16H18FN3O5/c17-13-9-12(20(23)24)3-4-14(13)25-10-15(21)18-5-7-19(8-6-18)16(22)11-1-2-11/h3-4,9,11H,1-2,5-8,10H2. The number of rotatable bonds is 5. The Morgan fingerprint density at radius 2 is 1.84 bits per heavy atom. The molecule has 0 radical (unpaired) electrons. The minimum atomic E-state index is -0.887. The van der Waals surface area contributed by atoms with Gasteiger partial charge in [0.25, 0.3) is 11.6 Å². The molecule has 2 aliphatic rings. The van der Waals surface area contributed by atoms with Gasteiger partial charge in [-0.3, -0.25) is 19.7 Å². The summed E-state index contributed by atoms with van der Waals surface area (Å²) in [6, 6.07) is 3.00. The highest BCUT2D eigenvalue weighted by Crippen LogP contribution is 2.31. The molecule has 3 rings (SSSR count). The fourth-order valence-electron chi connectivity index (χ4n) is 2.72. The maximum Gasteiger partial charge on any atom is 0.272 e. The van der Waals surface area contributed by atoms with E-state index in [0.717, 1.165) is 31.0 Å². The van der Waals surface area contributed by atoms with E-state index in [0.29, 0.717) is 26.2 Å². The molecule has 8 nitrogen and oxygen atoms in total. The number of non-ortho nitro benzene ring substituents is 1. The van der Waals surface area contributed by atoms with E-state index in [1.54, 1.807) is 9.80 Å². The van der Waals surface area contributed by atoms with Gasteiger partial charge < -0.3 is 14.5 Å². The van der Waals surface area contributed by atoms with Crippen molar-refractivity contribution in [1.29, 1.82) is 0 Å². The van der Waals surface area contributed by atoms with E-state index in [4.69, 9.17) is 4.74 Å². The molecule has 0 spiro atoms. The van der Waals surface area contributed by atoms with Crippen molar-refractivity contribution < 1.29 is 23.6 Å². The molecule has 1 saturated heterocycles. The molecule has 1 aliphatic carbocycles. The summed E-state index contributed by atoms with van der Waals surface area (Å²) in [6.07, 6.45) is 1.90. The van der Waals surface area contributed by atoms with Gasteiger partial charge >= 0.3 is 0 Å². The summed E-state index contributed by atoms with van der Waals surface area (Å²) in [6.45, 7) is 1.47. The lowest BCUT2D eigenvalue weighted by molar-refractivity contribution is -0.385. The molecule has 0 aromatic heterocycles. The third-order valence-electron chi connectivity index (χ3n) is 4.35. The van der Waals surface area contributed by atoms with Crippen LogP contribution in [-0.2, 0) is 9.59 Å². The highest BCUT2D eigenvalue weighted by Gasteiger charge is 2.35.